The number of carbonyl (C=O) groups is 3. The maximum absolute atomic E-state index is 13.9. The monoisotopic (exact) mass is 626 g/mol. The number of hydrogen-bond donors (Lipinski definition) is 2. The van der Waals surface area contributed by atoms with Crippen LogP contribution in [0.1, 0.15) is 91.3 Å². The van der Waals surface area contributed by atoms with Gasteiger partial charge < -0.3 is 15.2 Å². The number of ketones is 1. The molecule has 4 unspecified atom stereocenters. The van der Waals surface area contributed by atoms with E-state index < -0.39 is 41.1 Å². The van der Waals surface area contributed by atoms with E-state index in [1.165, 1.54) is 17.4 Å². The normalized spacial score (nSPS) is 27.2. The van der Waals surface area contributed by atoms with E-state index >= 15 is 0 Å². The maximum atomic E-state index is 13.9. The molecule has 4 atom stereocenters. The van der Waals surface area contributed by atoms with Crippen LogP contribution in [0, 0.1) is 23.2 Å². The van der Waals surface area contributed by atoms with Crippen molar-refractivity contribution in [2.24, 2.45) is 23.2 Å². The first-order valence-corrected chi connectivity index (χ1v) is 15.5. The Bertz CT molecular complexity index is 1220. The number of aliphatic hydroxyl groups is 1. The van der Waals surface area contributed by atoms with E-state index in [1.54, 1.807) is 66.0 Å². The number of Topliss-reactive ketones (excluding diaryl/α,β-unsaturated/α-hetero) is 1. The zero-order valence-electron chi connectivity index (χ0n) is 26.1. The number of halogens is 3. The van der Waals surface area contributed by atoms with Crippen LogP contribution in [0.3, 0.4) is 0 Å². The van der Waals surface area contributed by atoms with Crippen LogP contribution in [0.4, 0.5) is 13.2 Å². The van der Waals surface area contributed by atoms with Crippen molar-refractivity contribution in [2.45, 2.75) is 105 Å². The van der Waals surface area contributed by atoms with Crippen LogP contribution in [0.2, 0.25) is 0 Å². The molecule has 0 fully saturated rings. The summed E-state index contributed by atoms with van der Waals surface area (Å²) >= 11 is 1.29. The summed E-state index contributed by atoms with van der Waals surface area (Å²) in [5.74, 6) is -2.22. The quantitative estimate of drug-likeness (QED) is 0.270. The molecule has 1 amide bonds. The lowest BCUT2D eigenvalue weighted by atomic mass is 9.74. The highest BCUT2D eigenvalue weighted by Crippen LogP contribution is 2.32. The van der Waals surface area contributed by atoms with Gasteiger partial charge in [0, 0.05) is 28.7 Å². The molecule has 0 saturated heterocycles. The summed E-state index contributed by atoms with van der Waals surface area (Å²) in [6.07, 6.45) is 0.362. The minimum absolute atomic E-state index is 0.0135. The summed E-state index contributed by atoms with van der Waals surface area (Å²) in [6, 6.07) is -0.756. The molecule has 2 N–H and O–H groups in total. The lowest BCUT2D eigenvalue weighted by Gasteiger charge is -2.31. The fraction of sp³-hybridized carbons (Fsp3) is 0.625. The minimum Gasteiger partial charge on any atom is -0.458 e. The molecule has 1 aliphatic heterocycles. The highest BCUT2D eigenvalue weighted by atomic mass is 32.1. The molecular formula is C32H45F3N2O5S. The van der Waals surface area contributed by atoms with Crippen molar-refractivity contribution < 1.29 is 37.4 Å². The smallest absolute Gasteiger partial charge is 0.412 e. The van der Waals surface area contributed by atoms with Crippen molar-refractivity contribution in [3.63, 3.8) is 0 Å². The Kier molecular flexibility index (Phi) is 13.4. The van der Waals surface area contributed by atoms with Crippen LogP contribution in [-0.2, 0) is 25.7 Å². The number of ether oxygens (including phenoxy) is 1. The number of amides is 1. The molecule has 1 aromatic rings. The van der Waals surface area contributed by atoms with Crippen molar-refractivity contribution in [3.8, 4) is 0 Å². The molecule has 240 valence electrons. The van der Waals surface area contributed by atoms with Crippen molar-refractivity contribution >= 4 is 35.1 Å². The standard InChI is InChI=1S/C32H45F3N2O5S/c1-19(2)30(41)42-17-27-36-24(18-43-27)16-21(4)25-13-12-23(32(33,34)35)11-9-8-10-20(3)28(39)22(5)29(40)31(6,7)15-14-26(38)37-25/h8-9,12,16,18-20,22,25,28,39H,10-11,13-15,17H2,1-7H3,(H,37,38)/b9-8-,21-16+,23-12+. The first kappa shape index (κ1) is 36.4. The summed E-state index contributed by atoms with van der Waals surface area (Å²) in [5, 5.41) is 15.9. The average molecular weight is 627 g/mol. The highest BCUT2D eigenvalue weighted by molar-refractivity contribution is 7.09. The Labute approximate surface area is 256 Å². The van der Waals surface area contributed by atoms with Gasteiger partial charge in [-0.3, -0.25) is 14.4 Å². The number of aromatic nitrogens is 1. The van der Waals surface area contributed by atoms with Gasteiger partial charge in [0.2, 0.25) is 5.91 Å². The van der Waals surface area contributed by atoms with Gasteiger partial charge in [0.15, 0.2) is 0 Å². The third-order valence-electron chi connectivity index (χ3n) is 7.77. The van der Waals surface area contributed by atoms with Gasteiger partial charge >= 0.3 is 12.1 Å². The van der Waals surface area contributed by atoms with E-state index in [1.807, 2.05) is 0 Å². The number of thiazole rings is 1. The van der Waals surface area contributed by atoms with Gasteiger partial charge in [-0.05, 0) is 50.2 Å². The Morgan fingerprint density at radius 3 is 2.53 bits per heavy atom. The second kappa shape index (κ2) is 15.8. The molecule has 7 nitrogen and oxygen atoms in total. The summed E-state index contributed by atoms with van der Waals surface area (Å²) < 4.78 is 47.0. The molecule has 0 radical (unpaired) electrons. The van der Waals surface area contributed by atoms with E-state index in [0.29, 0.717) is 22.7 Å². The molecule has 11 heteroatoms. The molecule has 0 spiro atoms. The molecule has 2 rings (SSSR count). The van der Waals surface area contributed by atoms with Crippen LogP contribution < -0.4 is 5.32 Å². The predicted octanol–water partition coefficient (Wildman–Crippen LogP) is 6.97. The van der Waals surface area contributed by atoms with Gasteiger partial charge in [-0.1, -0.05) is 59.8 Å². The van der Waals surface area contributed by atoms with Gasteiger partial charge in [-0.25, -0.2) is 4.98 Å². The van der Waals surface area contributed by atoms with Gasteiger partial charge in [-0.2, -0.15) is 13.2 Å². The maximum Gasteiger partial charge on any atom is 0.412 e. The fourth-order valence-electron chi connectivity index (χ4n) is 4.77. The molecule has 0 aliphatic carbocycles. The predicted molar refractivity (Wildman–Crippen MR) is 162 cm³/mol. The average Bonchev–Trinajstić information content (AvgIpc) is 3.37. The van der Waals surface area contributed by atoms with Crippen LogP contribution >= 0.6 is 11.3 Å². The van der Waals surface area contributed by atoms with Gasteiger partial charge in [-0.15, -0.1) is 11.3 Å². The lowest BCUT2D eigenvalue weighted by molar-refractivity contribution is -0.148. The van der Waals surface area contributed by atoms with E-state index in [-0.39, 0.29) is 55.9 Å². The number of allylic oxidation sites excluding steroid dienone is 3. The third-order valence-corrected chi connectivity index (χ3v) is 8.61. The van der Waals surface area contributed by atoms with Crippen molar-refractivity contribution in [1.82, 2.24) is 10.3 Å². The summed E-state index contributed by atoms with van der Waals surface area (Å²) in [5.41, 5.74) is -0.495. The van der Waals surface area contributed by atoms with Gasteiger partial charge in [0.25, 0.3) is 0 Å². The van der Waals surface area contributed by atoms with Crippen molar-refractivity contribution in [2.75, 3.05) is 0 Å². The number of carbonyl (C=O) groups excluding carboxylic acids is 3. The summed E-state index contributed by atoms with van der Waals surface area (Å²) in [6.45, 7) is 12.1. The zero-order chi connectivity index (χ0) is 32.5. The van der Waals surface area contributed by atoms with E-state index in [4.69, 9.17) is 4.74 Å². The van der Waals surface area contributed by atoms with Crippen LogP contribution in [0.15, 0.2) is 34.8 Å². The Balaban J connectivity index is 2.38. The largest absolute Gasteiger partial charge is 0.458 e. The molecule has 0 bridgehead atoms. The number of esters is 1. The van der Waals surface area contributed by atoms with Crippen LogP contribution in [0.25, 0.3) is 6.08 Å². The number of alkyl halides is 3. The van der Waals surface area contributed by atoms with Gasteiger partial charge in [0.1, 0.15) is 17.4 Å². The van der Waals surface area contributed by atoms with E-state index in [9.17, 15) is 32.7 Å². The first-order valence-electron chi connectivity index (χ1n) is 14.6. The molecule has 1 aliphatic rings. The topological polar surface area (TPSA) is 106 Å². The Morgan fingerprint density at radius 1 is 1.23 bits per heavy atom. The molecule has 1 aromatic heterocycles. The summed E-state index contributed by atoms with van der Waals surface area (Å²) in [7, 11) is 0. The molecule has 43 heavy (non-hydrogen) atoms. The minimum atomic E-state index is -4.56. The Morgan fingerprint density at radius 2 is 1.91 bits per heavy atom. The van der Waals surface area contributed by atoms with Crippen molar-refractivity contribution in [3.05, 3.63) is 45.5 Å². The molecule has 0 aromatic carbocycles. The molecule has 0 saturated carbocycles. The number of rotatable bonds is 5. The Hall–Kier alpha value is -2.79. The van der Waals surface area contributed by atoms with Crippen molar-refractivity contribution in [1.29, 1.82) is 0 Å². The second-order valence-electron chi connectivity index (χ2n) is 12.3. The SMILES string of the molecule is C/C(=C\c1csc(COC(=O)C(C)C)n1)C1C/C=C(/C(F)(F)F)C/C=C\CC(C)C(O)C(C)C(=O)C(C)(C)CCC(=O)N1. The number of hydrogen-bond acceptors (Lipinski definition) is 7. The zero-order valence-corrected chi connectivity index (χ0v) is 26.9. The van der Waals surface area contributed by atoms with E-state index in [2.05, 4.69) is 10.3 Å². The van der Waals surface area contributed by atoms with Crippen LogP contribution in [-0.4, -0.2) is 46.1 Å². The highest BCUT2D eigenvalue weighted by Gasteiger charge is 2.37. The lowest BCUT2D eigenvalue weighted by Crippen LogP contribution is -2.40. The molecule has 2 heterocycles. The first-order chi connectivity index (χ1) is 19.9. The fourth-order valence-corrected chi connectivity index (χ4v) is 5.43. The van der Waals surface area contributed by atoms with E-state index in [0.717, 1.165) is 6.08 Å². The second-order valence-corrected chi connectivity index (χ2v) is 13.3. The number of aliphatic hydroxyl groups excluding tert-OH is 1. The summed E-state index contributed by atoms with van der Waals surface area (Å²) in [4.78, 5) is 42.5. The number of nitrogens with zero attached hydrogens (tertiary/aromatic N) is 1. The van der Waals surface area contributed by atoms with Crippen LogP contribution in [0.5, 0.6) is 0 Å². The number of nitrogens with one attached hydrogen (secondary N) is 1. The van der Waals surface area contributed by atoms with Gasteiger partial charge in [0.05, 0.1) is 23.8 Å². The third kappa shape index (κ3) is 11.3. The molecular weight excluding hydrogens is 581 g/mol.